The van der Waals surface area contributed by atoms with Gasteiger partial charge in [-0.2, -0.15) is 35.3 Å². The highest BCUT2D eigenvalue weighted by Crippen LogP contribution is 2.26. The largest absolute Gasteiger partial charge is 0.391 e. The van der Waals surface area contributed by atoms with Gasteiger partial charge in [0.25, 0.3) is 0 Å². The van der Waals surface area contributed by atoms with Crippen LogP contribution in [0.1, 0.15) is 0 Å². The Morgan fingerprint density at radius 1 is 1.54 bits per heavy atom. The van der Waals surface area contributed by atoms with Crippen molar-refractivity contribution in [3.63, 3.8) is 0 Å². The Balaban J connectivity index is 1.98. The zero-order valence-corrected chi connectivity index (χ0v) is 10.7. The van der Waals surface area contributed by atoms with Gasteiger partial charge in [-0.05, 0) is 0 Å². The van der Waals surface area contributed by atoms with Crippen LogP contribution in [0.2, 0.25) is 0 Å². The number of aliphatic hydroxyl groups excluding tert-OH is 1. The predicted molar refractivity (Wildman–Crippen MR) is 67.6 cm³/mol. The summed E-state index contributed by atoms with van der Waals surface area (Å²) < 4.78 is 0. The molecule has 2 unspecified atom stereocenters. The molecule has 1 heterocycles. The molecule has 0 aromatic heterocycles. The Labute approximate surface area is 97.8 Å². The van der Waals surface area contributed by atoms with Gasteiger partial charge in [0.05, 0.1) is 6.10 Å². The monoisotopic (exact) mass is 258 g/mol. The van der Waals surface area contributed by atoms with E-state index < -0.39 is 0 Å². The maximum absolute atomic E-state index is 9.22. The minimum absolute atomic E-state index is 0.326. The van der Waals surface area contributed by atoms with Crippen LogP contribution in [0.25, 0.3) is 0 Å². The summed E-state index contributed by atoms with van der Waals surface area (Å²) in [5, 5.41) is 10.0. The van der Waals surface area contributed by atoms with Gasteiger partial charge in [0, 0.05) is 39.9 Å². The van der Waals surface area contributed by atoms with Crippen LogP contribution in [0.4, 0.5) is 0 Å². The molecule has 1 fully saturated rings. The van der Waals surface area contributed by atoms with E-state index in [1.54, 1.807) is 0 Å². The van der Waals surface area contributed by atoms with Gasteiger partial charge in [0.1, 0.15) is 0 Å². The van der Waals surface area contributed by atoms with Gasteiger partial charge in [-0.1, -0.05) is 0 Å². The summed E-state index contributed by atoms with van der Waals surface area (Å²) in [5.74, 6) is 6.16. The van der Waals surface area contributed by atoms with E-state index >= 15 is 0 Å². The molecule has 1 nitrogen and oxygen atoms in total. The first kappa shape index (κ1) is 12.4. The lowest BCUT2D eigenvalue weighted by atomic mass is 10.5. The van der Waals surface area contributed by atoms with Crippen LogP contribution in [0.3, 0.4) is 0 Å². The van der Waals surface area contributed by atoms with Crippen LogP contribution in [0.15, 0.2) is 0 Å². The number of hydrogen-bond acceptors (Lipinski definition) is 4. The summed E-state index contributed by atoms with van der Waals surface area (Å²) in [7, 11) is 0. The van der Waals surface area contributed by atoms with Crippen LogP contribution in [-0.2, 0) is 0 Å². The molecule has 1 rings (SSSR count). The SMILES string of the molecule is OC(CCl)CSCC1CSCCS1. The molecular formula is C8H15ClOS3. The van der Waals surface area contributed by atoms with E-state index in [9.17, 15) is 5.11 Å². The predicted octanol–water partition coefficient (Wildman–Crippen LogP) is 2.17. The average Bonchev–Trinajstić information content (AvgIpc) is 2.19. The molecule has 5 heteroatoms. The summed E-state index contributed by atoms with van der Waals surface area (Å²) in [6.07, 6.45) is -0.326. The fraction of sp³-hybridized carbons (Fsp3) is 1.00. The van der Waals surface area contributed by atoms with Crippen LogP contribution in [0.5, 0.6) is 0 Å². The van der Waals surface area contributed by atoms with Crippen LogP contribution in [-0.4, -0.2) is 51.1 Å². The number of aliphatic hydroxyl groups is 1. The third-order valence-electron chi connectivity index (χ3n) is 1.68. The quantitative estimate of drug-likeness (QED) is 0.763. The number of rotatable bonds is 5. The van der Waals surface area contributed by atoms with Gasteiger partial charge in [-0.25, -0.2) is 0 Å². The molecule has 78 valence electrons. The zero-order valence-electron chi connectivity index (χ0n) is 7.45. The molecular weight excluding hydrogens is 244 g/mol. The standard InChI is InChI=1S/C8H15ClOS3/c9-3-7(10)4-12-6-8-5-11-1-2-13-8/h7-8,10H,1-6H2. The molecule has 1 saturated heterocycles. The maximum atomic E-state index is 9.22. The fourth-order valence-electron chi connectivity index (χ4n) is 1.01. The van der Waals surface area contributed by atoms with Crippen LogP contribution >= 0.6 is 46.9 Å². The molecule has 1 aliphatic heterocycles. The van der Waals surface area contributed by atoms with E-state index in [1.165, 1.54) is 17.3 Å². The molecule has 1 aliphatic rings. The van der Waals surface area contributed by atoms with E-state index in [4.69, 9.17) is 11.6 Å². The van der Waals surface area contributed by atoms with Gasteiger partial charge in [-0.3, -0.25) is 0 Å². The fourth-order valence-corrected chi connectivity index (χ4v) is 5.39. The Hall–Kier alpha value is 1.30. The van der Waals surface area contributed by atoms with E-state index in [0.29, 0.717) is 5.88 Å². The Kier molecular flexibility index (Phi) is 7.21. The maximum Gasteiger partial charge on any atom is 0.0765 e. The third-order valence-corrected chi connectivity index (χ3v) is 6.35. The van der Waals surface area contributed by atoms with Gasteiger partial charge in [0.2, 0.25) is 0 Å². The third kappa shape index (κ3) is 5.67. The highest BCUT2D eigenvalue weighted by Gasteiger charge is 2.14. The van der Waals surface area contributed by atoms with Crippen LogP contribution < -0.4 is 0 Å². The summed E-state index contributed by atoms with van der Waals surface area (Å²) in [5.41, 5.74) is 0. The van der Waals surface area contributed by atoms with Crippen molar-refractivity contribution in [2.24, 2.45) is 0 Å². The van der Waals surface area contributed by atoms with Crippen LogP contribution in [0, 0.1) is 0 Å². The summed E-state index contributed by atoms with van der Waals surface area (Å²) in [6, 6.07) is 0. The van der Waals surface area contributed by atoms with Crippen molar-refractivity contribution < 1.29 is 5.11 Å². The smallest absolute Gasteiger partial charge is 0.0765 e. The first-order valence-electron chi connectivity index (χ1n) is 4.34. The Morgan fingerprint density at radius 3 is 3.00 bits per heavy atom. The molecule has 1 N–H and O–H groups in total. The van der Waals surface area contributed by atoms with Gasteiger partial charge >= 0.3 is 0 Å². The molecule has 0 amide bonds. The van der Waals surface area contributed by atoms with Gasteiger partial charge in [0.15, 0.2) is 0 Å². The summed E-state index contributed by atoms with van der Waals surface area (Å²) in [4.78, 5) is 0. The molecule has 0 aliphatic carbocycles. The molecule has 0 aromatic carbocycles. The minimum atomic E-state index is -0.326. The number of halogens is 1. The molecule has 2 atom stereocenters. The van der Waals surface area contributed by atoms with Crippen molar-refractivity contribution in [1.29, 1.82) is 0 Å². The summed E-state index contributed by atoms with van der Waals surface area (Å²) in [6.45, 7) is 0. The number of alkyl halides is 1. The molecule has 0 bridgehead atoms. The van der Waals surface area contributed by atoms with Gasteiger partial charge < -0.3 is 5.11 Å². The second-order valence-electron chi connectivity index (χ2n) is 2.91. The number of thioether (sulfide) groups is 3. The number of hydrogen-bond donors (Lipinski definition) is 1. The van der Waals surface area contributed by atoms with Crippen molar-refractivity contribution in [2.75, 3.05) is 34.6 Å². The lowest BCUT2D eigenvalue weighted by Crippen LogP contribution is -2.19. The zero-order chi connectivity index (χ0) is 9.52. The Bertz CT molecular complexity index is 131. The lowest BCUT2D eigenvalue weighted by Gasteiger charge is -2.20. The van der Waals surface area contributed by atoms with E-state index in [-0.39, 0.29) is 6.10 Å². The van der Waals surface area contributed by atoms with Crippen molar-refractivity contribution >= 4 is 46.9 Å². The second-order valence-corrected chi connectivity index (χ2v) is 6.85. The van der Waals surface area contributed by atoms with Crippen molar-refractivity contribution in [2.45, 2.75) is 11.4 Å². The topological polar surface area (TPSA) is 20.2 Å². The lowest BCUT2D eigenvalue weighted by molar-refractivity contribution is 0.223. The molecule has 13 heavy (non-hydrogen) atoms. The molecule has 0 spiro atoms. The first-order valence-corrected chi connectivity index (χ1v) is 8.23. The van der Waals surface area contributed by atoms with E-state index in [1.807, 2.05) is 23.5 Å². The minimum Gasteiger partial charge on any atom is -0.391 e. The summed E-state index contributed by atoms with van der Waals surface area (Å²) >= 11 is 11.4. The first-order chi connectivity index (χ1) is 6.33. The normalized spacial score (nSPS) is 25.8. The van der Waals surface area contributed by atoms with E-state index in [2.05, 4.69) is 11.8 Å². The van der Waals surface area contributed by atoms with E-state index in [0.717, 1.165) is 16.8 Å². The Morgan fingerprint density at radius 2 is 2.38 bits per heavy atom. The molecule has 0 radical (unpaired) electrons. The molecule has 0 saturated carbocycles. The molecule has 0 aromatic rings. The average molecular weight is 259 g/mol. The van der Waals surface area contributed by atoms with Crippen molar-refractivity contribution in [3.8, 4) is 0 Å². The highest BCUT2D eigenvalue weighted by molar-refractivity contribution is 8.07. The van der Waals surface area contributed by atoms with Crippen molar-refractivity contribution in [3.05, 3.63) is 0 Å². The second kappa shape index (κ2) is 7.57. The van der Waals surface area contributed by atoms with Gasteiger partial charge in [-0.15, -0.1) is 11.6 Å². The highest BCUT2D eigenvalue weighted by atomic mass is 35.5. The van der Waals surface area contributed by atoms with Crippen molar-refractivity contribution in [1.82, 2.24) is 0 Å².